The molecule has 1 aromatic heterocycles. The second kappa shape index (κ2) is 9.89. The van der Waals surface area contributed by atoms with Gasteiger partial charge in [-0.15, -0.1) is 12.4 Å². The van der Waals surface area contributed by atoms with Crippen LogP contribution in [0.4, 0.5) is 5.69 Å². The summed E-state index contributed by atoms with van der Waals surface area (Å²) in [6.45, 7) is 2.24. The van der Waals surface area contributed by atoms with Gasteiger partial charge in [0.15, 0.2) is 0 Å². The highest BCUT2D eigenvalue weighted by atomic mass is 35.5. The molecule has 0 bridgehead atoms. The van der Waals surface area contributed by atoms with Crippen molar-refractivity contribution in [1.82, 2.24) is 4.98 Å². The SMILES string of the molecule is CN1CCN=C(/C=C/c2cccc(OCc3ccncc3)c2)c2ccccc21.Cl. The van der Waals surface area contributed by atoms with Crippen molar-refractivity contribution in [3.05, 3.63) is 95.8 Å². The van der Waals surface area contributed by atoms with Crippen molar-refractivity contribution in [2.24, 2.45) is 4.99 Å². The average molecular weight is 406 g/mol. The Hall–Kier alpha value is -3.11. The van der Waals surface area contributed by atoms with Crippen molar-refractivity contribution in [3.8, 4) is 5.75 Å². The number of hydrogen-bond donors (Lipinski definition) is 0. The van der Waals surface area contributed by atoms with Gasteiger partial charge in [-0.1, -0.05) is 36.4 Å². The van der Waals surface area contributed by atoms with E-state index in [0.29, 0.717) is 6.61 Å². The zero-order valence-electron chi connectivity index (χ0n) is 16.4. The van der Waals surface area contributed by atoms with E-state index in [1.807, 2.05) is 30.3 Å². The van der Waals surface area contributed by atoms with Crippen LogP contribution in [0.1, 0.15) is 16.7 Å². The minimum Gasteiger partial charge on any atom is -0.489 e. The van der Waals surface area contributed by atoms with Gasteiger partial charge in [-0.3, -0.25) is 9.98 Å². The molecule has 0 fully saturated rings. The first-order chi connectivity index (χ1) is 13.8. The van der Waals surface area contributed by atoms with Gasteiger partial charge in [-0.2, -0.15) is 0 Å². The van der Waals surface area contributed by atoms with Crippen LogP contribution < -0.4 is 9.64 Å². The molecule has 1 aliphatic heterocycles. The van der Waals surface area contributed by atoms with Crippen molar-refractivity contribution in [3.63, 3.8) is 0 Å². The highest BCUT2D eigenvalue weighted by Crippen LogP contribution is 2.23. The van der Waals surface area contributed by atoms with Gasteiger partial charge in [0, 0.05) is 37.2 Å². The van der Waals surface area contributed by atoms with Gasteiger partial charge >= 0.3 is 0 Å². The van der Waals surface area contributed by atoms with E-state index in [1.165, 1.54) is 11.3 Å². The standard InChI is InChI=1S/C24H23N3O.ClH/c1-27-16-15-26-23(22-7-2-3-8-24(22)27)10-9-19-5-4-6-21(17-19)28-18-20-11-13-25-14-12-20;/h2-14,17H,15-16,18H2,1H3;1H/b10-9+;. The molecule has 2 heterocycles. The van der Waals surface area contributed by atoms with Crippen LogP contribution in [-0.4, -0.2) is 30.8 Å². The molecule has 1 aliphatic rings. The molecular weight excluding hydrogens is 382 g/mol. The molecule has 4 nitrogen and oxygen atoms in total. The molecule has 148 valence electrons. The summed E-state index contributed by atoms with van der Waals surface area (Å²) in [7, 11) is 2.12. The van der Waals surface area contributed by atoms with Gasteiger partial charge in [-0.25, -0.2) is 0 Å². The first-order valence-electron chi connectivity index (χ1n) is 9.44. The first kappa shape index (κ1) is 20.6. The lowest BCUT2D eigenvalue weighted by atomic mass is 10.1. The van der Waals surface area contributed by atoms with Gasteiger partial charge in [-0.05, 0) is 47.5 Å². The smallest absolute Gasteiger partial charge is 0.120 e. The largest absolute Gasteiger partial charge is 0.489 e. The predicted molar refractivity (Wildman–Crippen MR) is 122 cm³/mol. The van der Waals surface area contributed by atoms with Crippen LogP contribution in [0.25, 0.3) is 6.08 Å². The van der Waals surface area contributed by atoms with E-state index in [0.717, 1.165) is 35.7 Å². The Labute approximate surface area is 178 Å². The molecule has 4 rings (SSSR count). The maximum atomic E-state index is 5.92. The predicted octanol–water partition coefficient (Wildman–Crippen LogP) is 5.03. The molecule has 0 saturated carbocycles. The minimum atomic E-state index is 0. The van der Waals surface area contributed by atoms with Crippen LogP contribution in [0, 0.1) is 0 Å². The molecule has 2 aromatic carbocycles. The van der Waals surface area contributed by atoms with E-state index in [-0.39, 0.29) is 12.4 Å². The fourth-order valence-electron chi connectivity index (χ4n) is 3.22. The number of likely N-dealkylation sites (N-methyl/N-ethyl adjacent to an activating group) is 1. The number of aliphatic imine (C=N–C) groups is 1. The molecule has 0 aliphatic carbocycles. The molecule has 0 spiro atoms. The Morgan fingerprint density at radius 1 is 1.00 bits per heavy atom. The van der Waals surface area contributed by atoms with E-state index in [1.54, 1.807) is 12.4 Å². The zero-order chi connectivity index (χ0) is 19.2. The molecule has 0 amide bonds. The molecule has 29 heavy (non-hydrogen) atoms. The summed E-state index contributed by atoms with van der Waals surface area (Å²) in [5, 5.41) is 0. The summed E-state index contributed by atoms with van der Waals surface area (Å²) in [5.74, 6) is 0.849. The number of halogens is 1. The molecule has 5 heteroatoms. The van der Waals surface area contributed by atoms with E-state index >= 15 is 0 Å². The number of rotatable bonds is 5. The second-order valence-electron chi connectivity index (χ2n) is 6.76. The number of pyridine rings is 1. The van der Waals surface area contributed by atoms with E-state index < -0.39 is 0 Å². The third kappa shape index (κ3) is 5.24. The van der Waals surface area contributed by atoms with Gasteiger partial charge in [0.05, 0.1) is 12.3 Å². The number of hydrogen-bond acceptors (Lipinski definition) is 4. The van der Waals surface area contributed by atoms with E-state index in [4.69, 9.17) is 9.73 Å². The van der Waals surface area contributed by atoms with Crippen LogP contribution in [0.15, 0.2) is 84.1 Å². The van der Waals surface area contributed by atoms with Gasteiger partial charge < -0.3 is 9.64 Å². The van der Waals surface area contributed by atoms with Crippen LogP contribution in [0.5, 0.6) is 5.75 Å². The molecule has 0 saturated heterocycles. The number of aromatic nitrogens is 1. The molecule has 3 aromatic rings. The molecule has 0 unspecified atom stereocenters. The van der Waals surface area contributed by atoms with Crippen molar-refractivity contribution in [1.29, 1.82) is 0 Å². The first-order valence-corrected chi connectivity index (χ1v) is 9.44. The van der Waals surface area contributed by atoms with Crippen molar-refractivity contribution in [2.45, 2.75) is 6.61 Å². The summed E-state index contributed by atoms with van der Waals surface area (Å²) in [4.78, 5) is 11.1. The third-order valence-electron chi connectivity index (χ3n) is 4.76. The molecule has 0 radical (unpaired) electrons. The number of anilines is 1. The monoisotopic (exact) mass is 405 g/mol. The van der Waals surface area contributed by atoms with Crippen molar-refractivity contribution >= 4 is 29.9 Å². The average Bonchev–Trinajstić information content (AvgIpc) is 2.91. The summed E-state index contributed by atoms with van der Waals surface area (Å²) in [6, 6.07) is 20.5. The number of para-hydroxylation sites is 1. The van der Waals surface area contributed by atoms with Gasteiger partial charge in [0.2, 0.25) is 0 Å². The van der Waals surface area contributed by atoms with Crippen molar-refractivity contribution < 1.29 is 4.74 Å². The number of benzodiazepines with no additional fused rings is 1. The van der Waals surface area contributed by atoms with Crippen LogP contribution in [-0.2, 0) is 6.61 Å². The lowest BCUT2D eigenvalue weighted by Crippen LogP contribution is -2.20. The van der Waals surface area contributed by atoms with Gasteiger partial charge in [0.25, 0.3) is 0 Å². The Kier molecular flexibility index (Phi) is 7.04. The molecule has 0 N–H and O–H groups in total. The Morgan fingerprint density at radius 2 is 1.83 bits per heavy atom. The second-order valence-corrected chi connectivity index (χ2v) is 6.76. The topological polar surface area (TPSA) is 37.7 Å². The minimum absolute atomic E-state index is 0. The number of allylic oxidation sites excluding steroid dienone is 1. The maximum absolute atomic E-state index is 5.92. The number of ether oxygens (including phenoxy) is 1. The number of nitrogens with zero attached hydrogens (tertiary/aromatic N) is 3. The lowest BCUT2D eigenvalue weighted by molar-refractivity contribution is 0.306. The summed E-state index contributed by atoms with van der Waals surface area (Å²) < 4.78 is 5.92. The van der Waals surface area contributed by atoms with Crippen LogP contribution >= 0.6 is 12.4 Å². The normalized spacial score (nSPS) is 13.3. The quantitative estimate of drug-likeness (QED) is 0.597. The highest BCUT2D eigenvalue weighted by Gasteiger charge is 2.13. The Balaban J connectivity index is 0.00000240. The van der Waals surface area contributed by atoms with Crippen LogP contribution in [0.2, 0.25) is 0 Å². The summed E-state index contributed by atoms with van der Waals surface area (Å²) >= 11 is 0. The fraction of sp³-hybridized carbons (Fsp3) is 0.167. The van der Waals surface area contributed by atoms with Crippen LogP contribution in [0.3, 0.4) is 0 Å². The van der Waals surface area contributed by atoms with E-state index in [2.05, 4.69) is 59.4 Å². The lowest BCUT2D eigenvalue weighted by Gasteiger charge is -2.18. The van der Waals surface area contributed by atoms with Crippen molar-refractivity contribution in [2.75, 3.05) is 25.0 Å². The fourth-order valence-corrected chi connectivity index (χ4v) is 3.22. The molecular formula is C24H24ClN3O. The third-order valence-corrected chi connectivity index (χ3v) is 4.76. The maximum Gasteiger partial charge on any atom is 0.120 e. The van der Waals surface area contributed by atoms with Gasteiger partial charge in [0.1, 0.15) is 12.4 Å². The number of fused-ring (bicyclic) bond motifs is 1. The van der Waals surface area contributed by atoms with E-state index in [9.17, 15) is 0 Å². The Bertz CT molecular complexity index is 1000. The zero-order valence-corrected chi connectivity index (χ0v) is 17.2. The summed E-state index contributed by atoms with van der Waals surface area (Å²) in [5.41, 5.74) is 5.60. The highest BCUT2D eigenvalue weighted by molar-refractivity contribution is 6.14. The molecule has 0 atom stereocenters. The summed E-state index contributed by atoms with van der Waals surface area (Å²) in [6.07, 6.45) is 7.75. The number of benzene rings is 2. The Morgan fingerprint density at radius 3 is 2.69 bits per heavy atom.